The summed E-state index contributed by atoms with van der Waals surface area (Å²) in [5, 5.41) is 0. The minimum Gasteiger partial charge on any atom is -0.286 e. The molecule has 2 aromatic carbocycles. The van der Waals surface area contributed by atoms with Gasteiger partial charge in [0.2, 0.25) is 0 Å². The largest absolute Gasteiger partial charge is 0.286 e. The standard InChI is InChI=1S/C19H20FN.ClH/c20-19(17-11-12-17)13-21(14-19)18(15-7-3-1-4-8-15)16-9-5-2-6-10-16;/h1-10,17-18H,11-14H2;1H. The van der Waals surface area contributed by atoms with Gasteiger partial charge in [0.25, 0.3) is 0 Å². The second kappa shape index (κ2) is 6.02. The lowest BCUT2D eigenvalue weighted by Crippen LogP contribution is -2.61. The van der Waals surface area contributed by atoms with Crippen LogP contribution in [0.5, 0.6) is 0 Å². The lowest BCUT2D eigenvalue weighted by atomic mass is 9.85. The predicted molar refractivity (Wildman–Crippen MR) is 90.1 cm³/mol. The van der Waals surface area contributed by atoms with Crippen molar-refractivity contribution in [3.63, 3.8) is 0 Å². The molecule has 0 unspecified atom stereocenters. The van der Waals surface area contributed by atoms with Crippen LogP contribution in [0.2, 0.25) is 0 Å². The van der Waals surface area contributed by atoms with Crippen LogP contribution in [0.15, 0.2) is 60.7 Å². The Labute approximate surface area is 137 Å². The Morgan fingerprint density at radius 1 is 0.864 bits per heavy atom. The molecule has 0 atom stereocenters. The summed E-state index contributed by atoms with van der Waals surface area (Å²) < 4.78 is 14.7. The summed E-state index contributed by atoms with van der Waals surface area (Å²) in [4.78, 5) is 2.28. The molecule has 2 fully saturated rings. The van der Waals surface area contributed by atoms with Crippen molar-refractivity contribution in [3.8, 4) is 0 Å². The number of hydrogen-bond acceptors (Lipinski definition) is 1. The molecule has 2 aliphatic rings. The lowest BCUT2D eigenvalue weighted by Gasteiger charge is -2.49. The first-order valence-electron chi connectivity index (χ1n) is 7.79. The Hall–Kier alpha value is -1.38. The highest BCUT2D eigenvalue weighted by Crippen LogP contribution is 2.50. The van der Waals surface area contributed by atoms with Crippen LogP contribution in [0.25, 0.3) is 0 Å². The van der Waals surface area contributed by atoms with Crippen LogP contribution in [0.1, 0.15) is 30.0 Å². The minimum absolute atomic E-state index is 0. The zero-order chi connectivity index (χ0) is 14.3. The molecule has 0 spiro atoms. The number of rotatable bonds is 4. The molecule has 0 radical (unpaired) electrons. The van der Waals surface area contributed by atoms with E-state index in [1.165, 1.54) is 11.1 Å². The van der Waals surface area contributed by atoms with Crippen LogP contribution < -0.4 is 0 Å². The van der Waals surface area contributed by atoms with E-state index in [2.05, 4.69) is 53.4 Å². The van der Waals surface area contributed by atoms with Crippen LogP contribution in [0.3, 0.4) is 0 Å². The van der Waals surface area contributed by atoms with Crippen molar-refractivity contribution in [2.45, 2.75) is 24.6 Å². The van der Waals surface area contributed by atoms with Crippen molar-refractivity contribution in [1.29, 1.82) is 0 Å². The van der Waals surface area contributed by atoms with Crippen LogP contribution in [0, 0.1) is 5.92 Å². The summed E-state index contributed by atoms with van der Waals surface area (Å²) in [6.45, 7) is 1.15. The van der Waals surface area contributed by atoms with Crippen LogP contribution in [0.4, 0.5) is 4.39 Å². The molecule has 2 aromatic rings. The van der Waals surface area contributed by atoms with Gasteiger partial charge in [0.15, 0.2) is 0 Å². The second-order valence-corrected chi connectivity index (χ2v) is 6.44. The summed E-state index contributed by atoms with van der Waals surface area (Å²) >= 11 is 0. The first-order chi connectivity index (χ1) is 10.3. The molecule has 1 heterocycles. The van der Waals surface area contributed by atoms with Gasteiger partial charge < -0.3 is 0 Å². The third-order valence-corrected chi connectivity index (χ3v) is 4.84. The van der Waals surface area contributed by atoms with E-state index < -0.39 is 5.67 Å². The minimum atomic E-state index is -0.929. The summed E-state index contributed by atoms with van der Waals surface area (Å²) in [5.74, 6) is 0.320. The summed E-state index contributed by atoms with van der Waals surface area (Å²) in [5.41, 5.74) is 1.57. The molecule has 0 amide bonds. The van der Waals surface area contributed by atoms with Crippen molar-refractivity contribution in [2.24, 2.45) is 5.92 Å². The lowest BCUT2D eigenvalue weighted by molar-refractivity contribution is -0.0645. The SMILES string of the molecule is Cl.FC1(C2CC2)CN(C(c2ccccc2)c2ccccc2)C1. The van der Waals surface area contributed by atoms with Crippen molar-refractivity contribution in [2.75, 3.05) is 13.1 Å². The number of benzene rings is 2. The molecule has 0 aromatic heterocycles. The highest BCUT2D eigenvalue weighted by Gasteiger charge is 2.55. The third-order valence-electron chi connectivity index (χ3n) is 4.84. The number of halogens is 2. The summed E-state index contributed by atoms with van der Waals surface area (Å²) in [7, 11) is 0. The number of hydrogen-bond donors (Lipinski definition) is 0. The van der Waals surface area contributed by atoms with Gasteiger partial charge in [-0.15, -0.1) is 12.4 Å². The Kier molecular flexibility index (Phi) is 4.24. The molecule has 0 bridgehead atoms. The van der Waals surface area contributed by atoms with E-state index in [1.54, 1.807) is 0 Å². The van der Waals surface area contributed by atoms with E-state index in [0.717, 1.165) is 12.8 Å². The molecule has 4 rings (SSSR count). The Morgan fingerprint density at radius 2 is 1.32 bits per heavy atom. The van der Waals surface area contributed by atoms with Crippen molar-refractivity contribution < 1.29 is 4.39 Å². The Balaban J connectivity index is 0.00000144. The topological polar surface area (TPSA) is 3.24 Å². The molecule has 3 heteroatoms. The van der Waals surface area contributed by atoms with Crippen molar-refractivity contribution in [1.82, 2.24) is 4.90 Å². The number of nitrogens with zero attached hydrogens (tertiary/aromatic N) is 1. The zero-order valence-electron chi connectivity index (χ0n) is 12.5. The average Bonchev–Trinajstić information content (AvgIpc) is 3.33. The first kappa shape index (κ1) is 15.5. The maximum absolute atomic E-state index is 14.7. The van der Waals surface area contributed by atoms with Crippen LogP contribution in [-0.2, 0) is 0 Å². The van der Waals surface area contributed by atoms with Gasteiger partial charge >= 0.3 is 0 Å². The van der Waals surface area contributed by atoms with E-state index >= 15 is 0 Å². The molecule has 116 valence electrons. The van der Waals surface area contributed by atoms with Gasteiger partial charge in [0.05, 0.1) is 6.04 Å². The summed E-state index contributed by atoms with van der Waals surface area (Å²) in [6, 6.07) is 21.1. The molecule has 1 nitrogen and oxygen atoms in total. The van der Waals surface area contributed by atoms with E-state index in [-0.39, 0.29) is 18.4 Å². The first-order valence-corrected chi connectivity index (χ1v) is 7.79. The van der Waals surface area contributed by atoms with Gasteiger partial charge in [-0.1, -0.05) is 60.7 Å². The molecular formula is C19H21ClFN. The molecule has 0 N–H and O–H groups in total. The van der Waals surface area contributed by atoms with E-state index in [1.807, 2.05) is 12.1 Å². The number of likely N-dealkylation sites (tertiary alicyclic amines) is 1. The summed E-state index contributed by atoms with van der Waals surface area (Å²) in [6.07, 6.45) is 2.15. The van der Waals surface area contributed by atoms with Gasteiger partial charge in [-0.3, -0.25) is 4.90 Å². The molecule has 1 saturated heterocycles. The molecular weight excluding hydrogens is 297 g/mol. The Bertz CT molecular complexity index is 566. The predicted octanol–water partition coefficient (Wildman–Crippen LogP) is 4.63. The van der Waals surface area contributed by atoms with Gasteiger partial charge in [-0.25, -0.2) is 4.39 Å². The monoisotopic (exact) mass is 317 g/mol. The molecule has 1 saturated carbocycles. The molecule has 1 aliphatic carbocycles. The fourth-order valence-electron chi connectivity index (χ4n) is 3.56. The van der Waals surface area contributed by atoms with Gasteiger partial charge in [-0.05, 0) is 29.9 Å². The number of alkyl halides is 1. The zero-order valence-corrected chi connectivity index (χ0v) is 13.3. The van der Waals surface area contributed by atoms with Gasteiger partial charge in [0.1, 0.15) is 5.67 Å². The highest BCUT2D eigenvalue weighted by molar-refractivity contribution is 5.85. The highest BCUT2D eigenvalue weighted by atomic mass is 35.5. The maximum Gasteiger partial charge on any atom is 0.139 e. The van der Waals surface area contributed by atoms with Crippen molar-refractivity contribution in [3.05, 3.63) is 71.8 Å². The Morgan fingerprint density at radius 3 is 1.73 bits per heavy atom. The molecule has 22 heavy (non-hydrogen) atoms. The smallest absolute Gasteiger partial charge is 0.139 e. The average molecular weight is 318 g/mol. The third kappa shape index (κ3) is 2.78. The normalized spacial score (nSPS) is 20.3. The fourth-order valence-corrected chi connectivity index (χ4v) is 3.56. The van der Waals surface area contributed by atoms with Crippen LogP contribution >= 0.6 is 12.4 Å². The van der Waals surface area contributed by atoms with E-state index in [9.17, 15) is 4.39 Å². The molecule has 1 aliphatic heterocycles. The van der Waals surface area contributed by atoms with Crippen molar-refractivity contribution >= 4 is 12.4 Å². The van der Waals surface area contributed by atoms with E-state index in [0.29, 0.717) is 19.0 Å². The maximum atomic E-state index is 14.7. The van der Waals surface area contributed by atoms with E-state index in [4.69, 9.17) is 0 Å². The fraction of sp³-hybridized carbons (Fsp3) is 0.368. The van der Waals surface area contributed by atoms with Gasteiger partial charge in [-0.2, -0.15) is 0 Å². The van der Waals surface area contributed by atoms with Crippen LogP contribution in [-0.4, -0.2) is 23.7 Å². The second-order valence-electron chi connectivity index (χ2n) is 6.44. The quantitative estimate of drug-likeness (QED) is 0.794. The van der Waals surface area contributed by atoms with Gasteiger partial charge in [0, 0.05) is 13.1 Å².